The van der Waals surface area contributed by atoms with Crippen LogP contribution >= 0.6 is 15.9 Å². The maximum atomic E-state index is 12.7. The number of carbonyl (C=O) groups excluding carboxylic acids is 4. The number of halogens is 1. The molecule has 1 N–H and O–H groups in total. The summed E-state index contributed by atoms with van der Waals surface area (Å²) in [6.45, 7) is -0.368. The fraction of sp³-hybridized carbons (Fsp3) is 0.158. The van der Waals surface area contributed by atoms with Gasteiger partial charge in [0.2, 0.25) is 0 Å². The van der Waals surface area contributed by atoms with E-state index in [1.807, 2.05) is 0 Å². The molecule has 4 amide bonds. The molecule has 29 heavy (non-hydrogen) atoms. The molecule has 2 heterocycles. The van der Waals surface area contributed by atoms with Crippen LogP contribution in [0.4, 0.5) is 4.79 Å². The van der Waals surface area contributed by atoms with Gasteiger partial charge in [-0.25, -0.2) is 9.59 Å². The predicted molar refractivity (Wildman–Crippen MR) is 102 cm³/mol. The van der Waals surface area contributed by atoms with Crippen LogP contribution in [0.2, 0.25) is 0 Å². The highest BCUT2D eigenvalue weighted by Crippen LogP contribution is 2.27. The molecule has 0 radical (unpaired) electrons. The minimum absolute atomic E-state index is 0.105. The van der Waals surface area contributed by atoms with Crippen molar-refractivity contribution in [3.63, 3.8) is 0 Å². The highest BCUT2D eigenvalue weighted by atomic mass is 79.9. The smallest absolute Gasteiger partial charge is 0.343 e. The first kappa shape index (κ1) is 20.3. The summed E-state index contributed by atoms with van der Waals surface area (Å²) >= 11 is 3.31. The molecule has 1 saturated heterocycles. The number of nitrogens with zero attached hydrogens (tertiary/aromatic N) is 1. The first-order valence-electron chi connectivity index (χ1n) is 8.29. The number of barbiturate groups is 1. The van der Waals surface area contributed by atoms with Crippen molar-refractivity contribution in [3.05, 3.63) is 58.0 Å². The zero-order valence-corrected chi connectivity index (χ0v) is 16.7. The Kier molecular flexibility index (Phi) is 6.13. The van der Waals surface area contributed by atoms with Crippen molar-refractivity contribution in [1.29, 1.82) is 0 Å². The Balaban J connectivity index is 1.81. The van der Waals surface area contributed by atoms with E-state index in [1.54, 1.807) is 30.3 Å². The molecule has 9 nitrogen and oxygen atoms in total. The topological polar surface area (TPSA) is 115 Å². The van der Waals surface area contributed by atoms with E-state index in [9.17, 15) is 19.2 Å². The van der Waals surface area contributed by atoms with Crippen molar-refractivity contribution in [2.24, 2.45) is 0 Å². The zero-order valence-electron chi connectivity index (χ0n) is 15.1. The molecule has 150 valence electrons. The molecule has 1 fully saturated rings. The normalized spacial score (nSPS) is 15.4. The van der Waals surface area contributed by atoms with Crippen molar-refractivity contribution < 1.29 is 33.1 Å². The van der Waals surface area contributed by atoms with Crippen LogP contribution in [0.3, 0.4) is 0 Å². The number of hydrogen-bond acceptors (Lipinski definition) is 7. The van der Waals surface area contributed by atoms with Crippen LogP contribution in [-0.4, -0.2) is 42.4 Å². The lowest BCUT2D eigenvalue weighted by Crippen LogP contribution is -2.53. The van der Waals surface area contributed by atoms with Gasteiger partial charge >= 0.3 is 12.0 Å². The SMILES string of the molecule is COC(=O)COc1ccc(C=C2C(=O)NC(=O)N(Cc3ccco3)C2=O)cc1Br. The minimum atomic E-state index is -0.818. The number of hydrogen-bond donors (Lipinski definition) is 1. The summed E-state index contributed by atoms with van der Waals surface area (Å²) in [4.78, 5) is 48.9. The Bertz CT molecular complexity index is 998. The molecule has 0 unspecified atom stereocenters. The van der Waals surface area contributed by atoms with Crippen molar-refractivity contribution in [2.75, 3.05) is 13.7 Å². The minimum Gasteiger partial charge on any atom is -0.481 e. The number of furan rings is 1. The van der Waals surface area contributed by atoms with Crippen molar-refractivity contribution in [1.82, 2.24) is 10.2 Å². The van der Waals surface area contributed by atoms with Gasteiger partial charge in [0, 0.05) is 0 Å². The average molecular weight is 463 g/mol. The lowest BCUT2D eigenvalue weighted by Gasteiger charge is -2.25. The van der Waals surface area contributed by atoms with Crippen LogP contribution in [0.1, 0.15) is 11.3 Å². The number of amides is 4. The van der Waals surface area contributed by atoms with Crippen molar-refractivity contribution in [2.45, 2.75) is 6.54 Å². The second-order valence-electron chi connectivity index (χ2n) is 5.84. The third-order valence-electron chi connectivity index (χ3n) is 3.92. The number of nitrogens with one attached hydrogen (secondary N) is 1. The highest BCUT2D eigenvalue weighted by molar-refractivity contribution is 9.10. The molecule has 1 aliphatic heterocycles. The summed E-state index contributed by atoms with van der Waals surface area (Å²) in [6.07, 6.45) is 2.78. The largest absolute Gasteiger partial charge is 0.481 e. The molecule has 1 aromatic carbocycles. The molecular formula is C19H15BrN2O7. The Morgan fingerprint density at radius 1 is 1.28 bits per heavy atom. The molecule has 0 saturated carbocycles. The fourth-order valence-corrected chi connectivity index (χ4v) is 2.99. The zero-order chi connectivity index (χ0) is 21.0. The standard InChI is InChI=1S/C19H15BrN2O7/c1-27-16(23)10-29-15-5-4-11(8-14(15)20)7-13-17(24)21-19(26)22(18(13)25)9-12-3-2-6-28-12/h2-8H,9-10H2,1H3,(H,21,24,26). The third kappa shape index (κ3) is 4.72. The van der Waals surface area contributed by atoms with Gasteiger partial charge in [-0.05, 0) is 51.8 Å². The Hall–Kier alpha value is -3.40. The summed E-state index contributed by atoms with van der Waals surface area (Å²) < 4.78 is 15.5. The van der Waals surface area contributed by atoms with E-state index >= 15 is 0 Å². The number of carbonyl (C=O) groups is 4. The third-order valence-corrected chi connectivity index (χ3v) is 4.54. The van der Waals surface area contributed by atoms with Gasteiger partial charge in [0.05, 0.1) is 24.4 Å². The predicted octanol–water partition coefficient (Wildman–Crippen LogP) is 2.26. The van der Waals surface area contributed by atoms with E-state index in [0.717, 1.165) is 4.90 Å². The van der Waals surface area contributed by atoms with E-state index in [0.29, 0.717) is 21.5 Å². The van der Waals surface area contributed by atoms with E-state index in [1.165, 1.54) is 19.4 Å². The maximum absolute atomic E-state index is 12.7. The molecule has 0 spiro atoms. The molecule has 0 aliphatic carbocycles. The van der Waals surface area contributed by atoms with Gasteiger partial charge in [0.15, 0.2) is 6.61 Å². The van der Waals surface area contributed by atoms with Crippen molar-refractivity contribution >= 4 is 45.8 Å². The molecular weight excluding hydrogens is 448 g/mol. The summed E-state index contributed by atoms with van der Waals surface area (Å²) in [5, 5.41) is 2.14. The first-order chi connectivity index (χ1) is 13.9. The summed E-state index contributed by atoms with van der Waals surface area (Å²) in [5.74, 6) is -1.28. The molecule has 10 heteroatoms. The Morgan fingerprint density at radius 2 is 2.07 bits per heavy atom. The monoisotopic (exact) mass is 462 g/mol. The molecule has 1 aromatic heterocycles. The Labute approximate surface area is 173 Å². The van der Waals surface area contributed by atoms with Gasteiger partial charge in [0.1, 0.15) is 17.1 Å². The van der Waals surface area contributed by atoms with E-state index < -0.39 is 23.8 Å². The van der Waals surface area contributed by atoms with E-state index in [-0.39, 0.29) is 18.7 Å². The second-order valence-corrected chi connectivity index (χ2v) is 6.70. The lowest BCUT2D eigenvalue weighted by atomic mass is 10.1. The highest BCUT2D eigenvalue weighted by Gasteiger charge is 2.36. The van der Waals surface area contributed by atoms with E-state index in [2.05, 4.69) is 26.0 Å². The quantitative estimate of drug-likeness (QED) is 0.397. The number of benzene rings is 1. The first-order valence-corrected chi connectivity index (χ1v) is 9.08. The Morgan fingerprint density at radius 3 is 2.72 bits per heavy atom. The van der Waals surface area contributed by atoms with Crippen LogP contribution in [0, 0.1) is 0 Å². The van der Waals surface area contributed by atoms with Gasteiger partial charge in [-0.2, -0.15) is 0 Å². The average Bonchev–Trinajstić information content (AvgIpc) is 3.20. The second kappa shape index (κ2) is 8.74. The number of imide groups is 2. The van der Waals surface area contributed by atoms with Crippen LogP contribution < -0.4 is 10.1 Å². The van der Waals surface area contributed by atoms with Gasteiger partial charge in [0.25, 0.3) is 11.8 Å². The molecule has 0 bridgehead atoms. The number of methoxy groups -OCH3 is 1. The number of ether oxygens (including phenoxy) is 2. The maximum Gasteiger partial charge on any atom is 0.343 e. The fourth-order valence-electron chi connectivity index (χ4n) is 2.48. The van der Waals surface area contributed by atoms with Gasteiger partial charge in [-0.1, -0.05) is 6.07 Å². The number of urea groups is 1. The van der Waals surface area contributed by atoms with Crippen molar-refractivity contribution in [3.8, 4) is 5.75 Å². The summed E-state index contributed by atoms with van der Waals surface area (Å²) in [6, 6.07) is 7.19. The molecule has 3 rings (SSSR count). The summed E-state index contributed by atoms with van der Waals surface area (Å²) in [7, 11) is 1.25. The van der Waals surface area contributed by atoms with Crippen LogP contribution in [0.15, 0.2) is 51.1 Å². The van der Waals surface area contributed by atoms with Gasteiger partial charge in [-0.3, -0.25) is 19.8 Å². The summed E-state index contributed by atoms with van der Waals surface area (Å²) in [5.41, 5.74) is 0.305. The van der Waals surface area contributed by atoms with Crippen LogP contribution in [-0.2, 0) is 25.7 Å². The molecule has 0 atom stereocenters. The molecule has 1 aliphatic rings. The lowest BCUT2D eigenvalue weighted by molar-refractivity contribution is -0.143. The van der Waals surface area contributed by atoms with Gasteiger partial charge in [-0.15, -0.1) is 0 Å². The van der Waals surface area contributed by atoms with Crippen LogP contribution in [0.5, 0.6) is 5.75 Å². The van der Waals surface area contributed by atoms with E-state index in [4.69, 9.17) is 9.15 Å². The number of esters is 1. The number of rotatable bonds is 6. The van der Waals surface area contributed by atoms with Gasteiger partial charge < -0.3 is 13.9 Å². The van der Waals surface area contributed by atoms with Crippen LogP contribution in [0.25, 0.3) is 6.08 Å². The molecule has 2 aromatic rings.